The van der Waals surface area contributed by atoms with Gasteiger partial charge >= 0.3 is 5.97 Å². The molecule has 0 heterocycles. The predicted octanol–water partition coefficient (Wildman–Crippen LogP) is 5.41. The van der Waals surface area contributed by atoms with Crippen molar-refractivity contribution in [2.24, 2.45) is 0 Å². The molecule has 1 rings (SSSR count). The summed E-state index contributed by atoms with van der Waals surface area (Å²) in [7, 11) is 0. The van der Waals surface area contributed by atoms with E-state index in [2.05, 4.69) is 27.0 Å². The van der Waals surface area contributed by atoms with E-state index >= 15 is 0 Å². The van der Waals surface area contributed by atoms with Crippen LogP contribution in [0.1, 0.15) is 51.5 Å². The Morgan fingerprint density at radius 2 is 1.76 bits per heavy atom. The summed E-state index contributed by atoms with van der Waals surface area (Å²) in [5.41, 5.74) is 1.78. The van der Waals surface area contributed by atoms with E-state index in [4.69, 9.17) is 4.74 Å². The van der Waals surface area contributed by atoms with Crippen molar-refractivity contribution in [3.8, 4) is 0 Å². The van der Waals surface area contributed by atoms with Crippen LogP contribution in [0.5, 0.6) is 0 Å². The van der Waals surface area contributed by atoms with Gasteiger partial charge in [0.2, 0.25) is 0 Å². The maximum atomic E-state index is 11.2. The average Bonchev–Trinajstić information content (AvgIpc) is 2.54. The van der Waals surface area contributed by atoms with Gasteiger partial charge in [0.25, 0.3) is 0 Å². The molecule has 21 heavy (non-hydrogen) atoms. The van der Waals surface area contributed by atoms with Crippen LogP contribution in [0.25, 0.3) is 6.08 Å². The summed E-state index contributed by atoms with van der Waals surface area (Å²) in [6, 6.07) is 10.0. The van der Waals surface area contributed by atoms with Crippen LogP contribution in [0, 0.1) is 0 Å². The first-order valence-electron chi connectivity index (χ1n) is 7.68. The van der Waals surface area contributed by atoms with Crippen molar-refractivity contribution in [1.82, 2.24) is 0 Å². The van der Waals surface area contributed by atoms with Gasteiger partial charge in [-0.15, -0.1) is 0 Å². The average molecular weight is 288 g/mol. The van der Waals surface area contributed by atoms with Gasteiger partial charge in [0.1, 0.15) is 0 Å². The lowest BCUT2D eigenvalue weighted by Gasteiger charge is -2.05. The third-order valence-corrected chi connectivity index (χ3v) is 2.89. The molecule has 0 saturated heterocycles. The minimum absolute atomic E-state index is 0.220. The number of unbranched alkanes of at least 4 members (excludes halogenated alkanes) is 2. The third kappa shape index (κ3) is 10.6. The van der Waals surface area contributed by atoms with Gasteiger partial charge in [0.15, 0.2) is 0 Å². The molecule has 1 aromatic rings. The Kier molecular flexibility index (Phi) is 12.0. The summed E-state index contributed by atoms with van der Waals surface area (Å²) in [5, 5.41) is 0. The van der Waals surface area contributed by atoms with Crippen LogP contribution < -0.4 is 0 Å². The largest absolute Gasteiger partial charge is 0.462 e. The molecule has 0 amide bonds. The molecule has 0 atom stereocenters. The first kappa shape index (κ1) is 19.2. The number of carbonyl (C=O) groups is 1. The predicted molar refractivity (Wildman–Crippen MR) is 91.1 cm³/mol. The highest BCUT2D eigenvalue weighted by Crippen LogP contribution is 2.07. The van der Waals surface area contributed by atoms with Crippen molar-refractivity contribution in [2.45, 2.75) is 46.0 Å². The first-order valence-corrected chi connectivity index (χ1v) is 7.68. The number of hydrogen-bond donors (Lipinski definition) is 0. The summed E-state index contributed by atoms with van der Waals surface area (Å²) in [5.74, 6) is -0.220. The smallest absolute Gasteiger partial charge is 0.333 e. The van der Waals surface area contributed by atoms with Crippen molar-refractivity contribution in [2.75, 3.05) is 6.61 Å². The summed E-state index contributed by atoms with van der Waals surface area (Å²) < 4.78 is 5.00. The number of rotatable bonds is 8. The second kappa shape index (κ2) is 13.2. The minimum Gasteiger partial charge on any atom is -0.462 e. The van der Waals surface area contributed by atoms with Gasteiger partial charge in [-0.2, -0.15) is 0 Å². The Morgan fingerprint density at radius 3 is 2.24 bits per heavy atom. The van der Waals surface area contributed by atoms with Gasteiger partial charge < -0.3 is 4.74 Å². The monoisotopic (exact) mass is 288 g/mol. The Hall–Kier alpha value is -1.83. The summed E-state index contributed by atoms with van der Waals surface area (Å²) in [6.07, 6.45) is 6.69. The lowest BCUT2D eigenvalue weighted by atomic mass is 10.1. The van der Waals surface area contributed by atoms with Crippen molar-refractivity contribution >= 4 is 12.0 Å². The molecule has 0 unspecified atom stereocenters. The molecule has 0 aromatic heterocycles. The lowest BCUT2D eigenvalue weighted by Crippen LogP contribution is -2.08. The molecule has 1 aromatic carbocycles. The van der Waals surface area contributed by atoms with Gasteiger partial charge in [-0.3, -0.25) is 0 Å². The molecular weight excluding hydrogens is 260 g/mol. The SMILES string of the molecule is C=C(CCCC)C(=O)OCCCC.C=Cc1ccccc1. The summed E-state index contributed by atoms with van der Waals surface area (Å²) in [6.45, 7) is 12.0. The van der Waals surface area contributed by atoms with E-state index in [9.17, 15) is 4.79 Å². The van der Waals surface area contributed by atoms with Crippen LogP contribution in [0.2, 0.25) is 0 Å². The lowest BCUT2D eigenvalue weighted by molar-refractivity contribution is -0.139. The zero-order valence-corrected chi connectivity index (χ0v) is 13.4. The zero-order valence-electron chi connectivity index (χ0n) is 13.4. The normalized spacial score (nSPS) is 9.24. The molecule has 2 nitrogen and oxygen atoms in total. The fourth-order valence-corrected chi connectivity index (χ4v) is 1.49. The van der Waals surface area contributed by atoms with Gasteiger partial charge in [-0.1, -0.05) is 76.3 Å². The molecule has 0 saturated carbocycles. The molecule has 2 heteroatoms. The molecule has 0 aliphatic rings. The molecule has 0 aliphatic heterocycles. The molecule has 0 bridgehead atoms. The molecule has 0 N–H and O–H groups in total. The fourth-order valence-electron chi connectivity index (χ4n) is 1.49. The maximum absolute atomic E-state index is 11.2. The third-order valence-electron chi connectivity index (χ3n) is 2.89. The highest BCUT2D eigenvalue weighted by Gasteiger charge is 2.06. The molecule has 116 valence electrons. The molecular formula is C19H28O2. The van der Waals surface area contributed by atoms with Crippen molar-refractivity contribution in [3.05, 3.63) is 54.6 Å². The summed E-state index contributed by atoms with van der Waals surface area (Å²) in [4.78, 5) is 11.2. The highest BCUT2D eigenvalue weighted by atomic mass is 16.5. The van der Waals surface area contributed by atoms with Crippen LogP contribution in [0.4, 0.5) is 0 Å². The number of esters is 1. The maximum Gasteiger partial charge on any atom is 0.333 e. The van der Waals surface area contributed by atoms with Gasteiger partial charge in [0, 0.05) is 5.57 Å². The zero-order chi connectivity index (χ0) is 15.9. The Bertz CT molecular complexity index is 407. The summed E-state index contributed by atoms with van der Waals surface area (Å²) >= 11 is 0. The van der Waals surface area contributed by atoms with Crippen molar-refractivity contribution in [1.29, 1.82) is 0 Å². The highest BCUT2D eigenvalue weighted by molar-refractivity contribution is 5.87. The van der Waals surface area contributed by atoms with E-state index in [0.29, 0.717) is 12.2 Å². The fraction of sp³-hybridized carbons (Fsp3) is 0.421. The first-order chi connectivity index (χ1) is 10.2. The number of carbonyl (C=O) groups excluding carboxylic acids is 1. The molecule has 0 fully saturated rings. The Morgan fingerprint density at radius 1 is 1.14 bits per heavy atom. The Labute approximate surface area is 129 Å². The van der Waals surface area contributed by atoms with Crippen LogP contribution in [-0.4, -0.2) is 12.6 Å². The quantitative estimate of drug-likeness (QED) is 0.363. The van der Waals surface area contributed by atoms with Crippen molar-refractivity contribution in [3.63, 3.8) is 0 Å². The second-order valence-electron chi connectivity index (χ2n) is 4.81. The van der Waals surface area contributed by atoms with E-state index in [1.807, 2.05) is 36.4 Å². The molecule has 0 spiro atoms. The van der Waals surface area contributed by atoms with E-state index < -0.39 is 0 Å². The van der Waals surface area contributed by atoms with Crippen LogP contribution in [0.3, 0.4) is 0 Å². The molecule has 0 radical (unpaired) electrons. The van der Waals surface area contributed by atoms with Crippen LogP contribution in [-0.2, 0) is 9.53 Å². The van der Waals surface area contributed by atoms with E-state index in [0.717, 1.165) is 32.1 Å². The van der Waals surface area contributed by atoms with Gasteiger partial charge in [0.05, 0.1) is 6.61 Å². The minimum atomic E-state index is -0.220. The molecule has 0 aliphatic carbocycles. The van der Waals surface area contributed by atoms with Crippen molar-refractivity contribution < 1.29 is 9.53 Å². The Balaban J connectivity index is 0.000000423. The van der Waals surface area contributed by atoms with Crippen LogP contribution in [0.15, 0.2) is 49.1 Å². The number of ether oxygens (including phenoxy) is 1. The standard InChI is InChI=1S/C11H20O2.C8H8/c1-4-6-8-10(3)11(12)13-9-7-5-2;1-2-8-6-4-3-5-7-8/h3-9H2,1-2H3;2-7H,1H2. The van der Waals surface area contributed by atoms with E-state index in [-0.39, 0.29) is 5.97 Å². The van der Waals surface area contributed by atoms with Crippen LogP contribution >= 0.6 is 0 Å². The number of hydrogen-bond acceptors (Lipinski definition) is 2. The van der Waals surface area contributed by atoms with Gasteiger partial charge in [-0.05, 0) is 24.8 Å². The van der Waals surface area contributed by atoms with E-state index in [1.165, 1.54) is 5.56 Å². The number of benzene rings is 1. The topological polar surface area (TPSA) is 26.3 Å². The van der Waals surface area contributed by atoms with E-state index in [1.54, 1.807) is 0 Å². The second-order valence-corrected chi connectivity index (χ2v) is 4.81. The van der Waals surface area contributed by atoms with Gasteiger partial charge in [-0.25, -0.2) is 4.79 Å².